The van der Waals surface area contributed by atoms with Crippen LogP contribution in [0, 0.1) is 5.92 Å². The van der Waals surface area contributed by atoms with Gasteiger partial charge in [0.2, 0.25) is 0 Å². The quantitative estimate of drug-likeness (QED) is 0.561. The van der Waals surface area contributed by atoms with Gasteiger partial charge in [0.15, 0.2) is 0 Å². The van der Waals surface area contributed by atoms with E-state index in [0.29, 0.717) is 0 Å². The minimum Gasteiger partial charge on any atom is -0.0692 e. The summed E-state index contributed by atoms with van der Waals surface area (Å²) in [5.41, 5.74) is 1.13. The summed E-state index contributed by atoms with van der Waals surface area (Å²) in [5, 5.41) is 0. The van der Waals surface area contributed by atoms with Crippen LogP contribution in [0.4, 0.5) is 0 Å². The first-order chi connectivity index (χ1) is 5.56. The minimum atomic E-state index is -0.818. The molecule has 1 rings (SSSR count). The predicted molar refractivity (Wildman–Crippen MR) is 59.3 cm³/mol. The third-order valence-corrected chi connectivity index (χ3v) is 8.51. The van der Waals surface area contributed by atoms with Crippen LogP contribution < -0.4 is 0 Å². The number of hydrogen-bond donors (Lipinski definition) is 0. The Morgan fingerprint density at radius 3 is 2.42 bits per heavy atom. The molecule has 12 heavy (non-hydrogen) atoms. The Morgan fingerprint density at radius 2 is 1.92 bits per heavy atom. The normalized spacial score (nSPS) is 32.0. The van der Waals surface area contributed by atoms with Gasteiger partial charge in [-0.3, -0.25) is 0 Å². The molecule has 0 aromatic rings. The standard InChI is InChI=1S/C11H24Si/c1-5-12(3,4)11-8-6-7-10(2)9-11/h10-11H,5-9H2,1-4H3. The van der Waals surface area contributed by atoms with Gasteiger partial charge in [0.05, 0.1) is 8.07 Å². The van der Waals surface area contributed by atoms with Gasteiger partial charge in [-0.15, -0.1) is 0 Å². The second kappa shape index (κ2) is 3.95. The first-order valence-corrected chi connectivity index (χ1v) is 8.84. The molecule has 0 N–H and O–H groups in total. The van der Waals surface area contributed by atoms with Crippen molar-refractivity contribution in [3.63, 3.8) is 0 Å². The fraction of sp³-hybridized carbons (Fsp3) is 1.00. The number of hydrogen-bond acceptors (Lipinski definition) is 0. The van der Waals surface area contributed by atoms with E-state index < -0.39 is 8.07 Å². The second-order valence-electron chi connectivity index (χ2n) is 5.31. The monoisotopic (exact) mass is 184 g/mol. The fourth-order valence-electron chi connectivity index (χ4n) is 2.43. The van der Waals surface area contributed by atoms with Crippen LogP contribution in [-0.2, 0) is 0 Å². The van der Waals surface area contributed by atoms with Crippen molar-refractivity contribution >= 4 is 8.07 Å². The summed E-state index contributed by atoms with van der Waals surface area (Å²) in [6.45, 7) is 9.99. The van der Waals surface area contributed by atoms with E-state index in [1.165, 1.54) is 31.7 Å². The average Bonchev–Trinajstić information content (AvgIpc) is 2.05. The first kappa shape index (κ1) is 10.3. The van der Waals surface area contributed by atoms with Crippen molar-refractivity contribution in [1.82, 2.24) is 0 Å². The first-order valence-electron chi connectivity index (χ1n) is 5.56. The summed E-state index contributed by atoms with van der Waals surface area (Å²) in [5.74, 6) is 1.02. The molecule has 0 saturated heterocycles. The Morgan fingerprint density at radius 1 is 1.25 bits per heavy atom. The maximum Gasteiger partial charge on any atom is 0.0502 e. The molecule has 0 radical (unpaired) electrons. The van der Waals surface area contributed by atoms with Crippen LogP contribution in [0.1, 0.15) is 39.5 Å². The summed E-state index contributed by atoms with van der Waals surface area (Å²) in [4.78, 5) is 0. The zero-order valence-corrected chi connectivity index (χ0v) is 10.2. The van der Waals surface area contributed by atoms with E-state index >= 15 is 0 Å². The molecular weight excluding hydrogens is 160 g/mol. The van der Waals surface area contributed by atoms with Gasteiger partial charge >= 0.3 is 0 Å². The molecule has 1 aliphatic rings. The molecule has 0 aromatic heterocycles. The van der Waals surface area contributed by atoms with E-state index in [2.05, 4.69) is 26.9 Å². The molecular formula is C11H24Si. The molecule has 1 heteroatoms. The van der Waals surface area contributed by atoms with Crippen molar-refractivity contribution in [1.29, 1.82) is 0 Å². The highest BCUT2D eigenvalue weighted by atomic mass is 28.3. The van der Waals surface area contributed by atoms with Crippen LogP contribution in [0.5, 0.6) is 0 Å². The fourth-order valence-corrected chi connectivity index (χ4v) is 5.04. The van der Waals surface area contributed by atoms with E-state index in [0.717, 1.165) is 11.5 Å². The van der Waals surface area contributed by atoms with Crippen molar-refractivity contribution in [3.8, 4) is 0 Å². The van der Waals surface area contributed by atoms with Gasteiger partial charge in [0.25, 0.3) is 0 Å². The molecule has 2 unspecified atom stereocenters. The van der Waals surface area contributed by atoms with E-state index in [4.69, 9.17) is 0 Å². The topological polar surface area (TPSA) is 0 Å². The molecule has 1 aliphatic carbocycles. The molecule has 1 fully saturated rings. The van der Waals surface area contributed by atoms with Gasteiger partial charge < -0.3 is 0 Å². The van der Waals surface area contributed by atoms with Crippen LogP contribution in [0.25, 0.3) is 0 Å². The Bertz CT molecular complexity index is 140. The second-order valence-corrected chi connectivity index (χ2v) is 10.8. The van der Waals surface area contributed by atoms with Crippen molar-refractivity contribution in [2.75, 3.05) is 0 Å². The third-order valence-electron chi connectivity index (χ3n) is 3.95. The average molecular weight is 184 g/mol. The Hall–Kier alpha value is 0.217. The van der Waals surface area contributed by atoms with E-state index in [1.54, 1.807) is 0 Å². The minimum absolute atomic E-state index is 0.818. The van der Waals surface area contributed by atoms with Crippen molar-refractivity contribution < 1.29 is 0 Å². The maximum absolute atomic E-state index is 2.58. The molecule has 1 saturated carbocycles. The van der Waals surface area contributed by atoms with Gasteiger partial charge in [0.1, 0.15) is 0 Å². The lowest BCUT2D eigenvalue weighted by molar-refractivity contribution is 0.378. The van der Waals surface area contributed by atoms with Gasteiger partial charge in [0, 0.05) is 0 Å². The predicted octanol–water partition coefficient (Wildman–Crippen LogP) is 4.30. The molecule has 2 atom stereocenters. The number of rotatable bonds is 2. The van der Waals surface area contributed by atoms with Crippen LogP contribution in [0.2, 0.25) is 24.7 Å². The van der Waals surface area contributed by atoms with Gasteiger partial charge in [-0.05, 0) is 11.5 Å². The maximum atomic E-state index is 2.58. The van der Waals surface area contributed by atoms with Crippen LogP contribution in [0.15, 0.2) is 0 Å². The summed E-state index contributed by atoms with van der Waals surface area (Å²) in [7, 11) is -0.818. The van der Waals surface area contributed by atoms with E-state index in [9.17, 15) is 0 Å². The van der Waals surface area contributed by atoms with Crippen LogP contribution in [-0.4, -0.2) is 8.07 Å². The smallest absolute Gasteiger partial charge is 0.0502 e. The molecule has 0 nitrogen and oxygen atoms in total. The third kappa shape index (κ3) is 2.35. The Balaban J connectivity index is 2.50. The van der Waals surface area contributed by atoms with E-state index in [-0.39, 0.29) is 0 Å². The van der Waals surface area contributed by atoms with Crippen molar-refractivity contribution in [2.45, 2.75) is 64.2 Å². The van der Waals surface area contributed by atoms with Crippen molar-refractivity contribution in [2.24, 2.45) is 5.92 Å². The zero-order chi connectivity index (χ0) is 9.19. The summed E-state index contributed by atoms with van der Waals surface area (Å²) < 4.78 is 0. The summed E-state index contributed by atoms with van der Waals surface area (Å²) in [6, 6.07) is 1.48. The van der Waals surface area contributed by atoms with Gasteiger partial charge in [-0.25, -0.2) is 0 Å². The molecule has 0 spiro atoms. The lowest BCUT2D eigenvalue weighted by Crippen LogP contribution is -2.34. The molecule has 0 amide bonds. The highest BCUT2D eigenvalue weighted by Crippen LogP contribution is 2.40. The SMILES string of the molecule is CC[Si](C)(C)C1CCCC(C)C1. The van der Waals surface area contributed by atoms with Gasteiger partial charge in [-0.1, -0.05) is 58.7 Å². The summed E-state index contributed by atoms with van der Waals surface area (Å²) >= 11 is 0. The molecule has 0 aromatic carbocycles. The zero-order valence-electron chi connectivity index (χ0n) is 9.19. The van der Waals surface area contributed by atoms with Crippen molar-refractivity contribution in [3.05, 3.63) is 0 Å². The van der Waals surface area contributed by atoms with Gasteiger partial charge in [-0.2, -0.15) is 0 Å². The molecule has 0 aliphatic heterocycles. The lowest BCUT2D eigenvalue weighted by Gasteiger charge is -2.37. The molecule has 0 heterocycles. The molecule has 0 bridgehead atoms. The lowest BCUT2D eigenvalue weighted by atomic mass is 9.90. The Kier molecular flexibility index (Phi) is 3.39. The van der Waals surface area contributed by atoms with Crippen LogP contribution >= 0.6 is 0 Å². The summed E-state index contributed by atoms with van der Waals surface area (Å²) in [6.07, 6.45) is 6.07. The van der Waals surface area contributed by atoms with E-state index in [1.807, 2.05) is 0 Å². The highest BCUT2D eigenvalue weighted by molar-refractivity contribution is 6.78. The highest BCUT2D eigenvalue weighted by Gasteiger charge is 2.32. The van der Waals surface area contributed by atoms with Crippen LogP contribution in [0.3, 0.4) is 0 Å². The molecule has 72 valence electrons. The largest absolute Gasteiger partial charge is 0.0692 e. The Labute approximate surface area is 78.8 Å².